The number of likely N-dealkylation sites (tertiary alicyclic amines) is 1. The maximum atomic E-state index is 13.1. The van der Waals surface area contributed by atoms with Crippen LogP contribution in [0.15, 0.2) is 48.5 Å². The molecule has 1 aliphatic rings. The summed E-state index contributed by atoms with van der Waals surface area (Å²) in [6.45, 7) is 0.270. The predicted octanol–water partition coefficient (Wildman–Crippen LogP) is 5.78. The molecule has 0 bridgehead atoms. The molecule has 1 heterocycles. The number of carbonyl (C=O) groups is 1. The summed E-state index contributed by atoms with van der Waals surface area (Å²) in [6.07, 6.45) is -9.92. The smallest absolute Gasteiger partial charge is 0.373 e. The number of urea groups is 1. The third kappa shape index (κ3) is 6.19. The largest absolute Gasteiger partial charge is 0.416 e. The highest BCUT2D eigenvalue weighted by Gasteiger charge is 2.38. The highest BCUT2D eigenvalue weighted by atomic mass is 19.4. The molecule has 1 aliphatic heterocycles. The number of carbonyl (C=O) groups excluding carboxylic acids is 1. The number of hydrogen-bond donors (Lipinski definition) is 0. The van der Waals surface area contributed by atoms with Gasteiger partial charge < -0.3 is 14.5 Å². The minimum Gasteiger partial charge on any atom is -0.373 e. The van der Waals surface area contributed by atoms with Crippen LogP contribution >= 0.6 is 0 Å². The average molecular weight is 474 g/mol. The number of piperidine rings is 1. The van der Waals surface area contributed by atoms with Crippen LogP contribution in [0.2, 0.25) is 0 Å². The standard InChI is InChI=1S/C23H24F6N2O2/c1-30(2)21(32)31-9-8-20(19(13-31)16-6-4-3-5-7-16)33-14-15-10-17(22(24,25)26)12-18(11-15)23(27,28)29/h3-7,10-12,19-20H,8-9,13-14H2,1-2H3/t19-,20-/m1/s1. The molecule has 4 nitrogen and oxygen atoms in total. The SMILES string of the molecule is CN(C)C(=O)N1CC[C@@H](OCc2cc(C(F)(F)F)cc(C(F)(F)F)c2)[C@@H](c2ccccc2)C1. The fourth-order valence-electron chi connectivity index (χ4n) is 3.91. The van der Waals surface area contributed by atoms with Gasteiger partial charge in [0.15, 0.2) is 0 Å². The summed E-state index contributed by atoms with van der Waals surface area (Å²) >= 11 is 0. The van der Waals surface area contributed by atoms with Crippen molar-refractivity contribution in [3.05, 3.63) is 70.8 Å². The fraction of sp³-hybridized carbons (Fsp3) is 0.435. The van der Waals surface area contributed by atoms with E-state index in [4.69, 9.17) is 4.74 Å². The molecule has 0 radical (unpaired) electrons. The van der Waals surface area contributed by atoms with Gasteiger partial charge in [-0.25, -0.2) is 4.79 Å². The summed E-state index contributed by atoms with van der Waals surface area (Å²) in [6, 6.07) is 10.5. The van der Waals surface area contributed by atoms with Crippen molar-refractivity contribution < 1.29 is 35.9 Å². The van der Waals surface area contributed by atoms with Crippen LogP contribution in [0.25, 0.3) is 0 Å². The molecule has 2 amide bonds. The van der Waals surface area contributed by atoms with Crippen molar-refractivity contribution in [2.45, 2.75) is 37.4 Å². The van der Waals surface area contributed by atoms with E-state index in [1.165, 1.54) is 4.90 Å². The summed E-state index contributed by atoms with van der Waals surface area (Å²) in [7, 11) is 3.27. The predicted molar refractivity (Wildman–Crippen MR) is 109 cm³/mol. The van der Waals surface area contributed by atoms with E-state index in [0.717, 1.165) is 5.56 Å². The first-order valence-electron chi connectivity index (χ1n) is 10.3. The summed E-state index contributed by atoms with van der Waals surface area (Å²) in [5, 5.41) is 0. The average Bonchev–Trinajstić information content (AvgIpc) is 2.76. The third-order valence-corrected chi connectivity index (χ3v) is 5.54. The first-order valence-corrected chi connectivity index (χ1v) is 10.3. The molecule has 0 spiro atoms. The zero-order valence-electron chi connectivity index (χ0n) is 18.1. The molecule has 33 heavy (non-hydrogen) atoms. The highest BCUT2D eigenvalue weighted by Crippen LogP contribution is 2.37. The van der Waals surface area contributed by atoms with Crippen molar-refractivity contribution in [2.24, 2.45) is 0 Å². The first kappa shape index (κ1) is 24.9. The van der Waals surface area contributed by atoms with Gasteiger partial charge in [0, 0.05) is 33.1 Å². The van der Waals surface area contributed by atoms with Crippen molar-refractivity contribution in [3.63, 3.8) is 0 Å². The van der Waals surface area contributed by atoms with Crippen molar-refractivity contribution in [1.82, 2.24) is 9.80 Å². The maximum absolute atomic E-state index is 13.1. The number of hydrogen-bond acceptors (Lipinski definition) is 2. The number of benzene rings is 2. The lowest BCUT2D eigenvalue weighted by Crippen LogP contribution is -2.49. The van der Waals surface area contributed by atoms with E-state index < -0.39 is 36.2 Å². The molecule has 10 heteroatoms. The number of nitrogens with zero attached hydrogens (tertiary/aromatic N) is 2. The Morgan fingerprint density at radius 1 is 1.00 bits per heavy atom. The zero-order valence-corrected chi connectivity index (χ0v) is 18.1. The van der Waals surface area contributed by atoms with Crippen LogP contribution in [0.3, 0.4) is 0 Å². The van der Waals surface area contributed by atoms with Gasteiger partial charge in [-0.2, -0.15) is 26.3 Å². The van der Waals surface area contributed by atoms with Gasteiger partial charge in [-0.3, -0.25) is 0 Å². The van der Waals surface area contributed by atoms with Gasteiger partial charge in [-0.1, -0.05) is 30.3 Å². The molecule has 2 atom stereocenters. The lowest BCUT2D eigenvalue weighted by molar-refractivity contribution is -0.143. The summed E-state index contributed by atoms with van der Waals surface area (Å²) in [5.74, 6) is -0.281. The Morgan fingerprint density at radius 3 is 2.09 bits per heavy atom. The second-order valence-electron chi connectivity index (χ2n) is 8.19. The van der Waals surface area contributed by atoms with Crippen LogP contribution in [-0.4, -0.2) is 49.1 Å². The van der Waals surface area contributed by atoms with Crippen LogP contribution in [-0.2, 0) is 23.7 Å². The normalized spacial score (nSPS) is 19.5. The molecule has 1 saturated heterocycles. The van der Waals surface area contributed by atoms with Crippen molar-refractivity contribution in [1.29, 1.82) is 0 Å². The van der Waals surface area contributed by atoms with Crippen LogP contribution in [0.5, 0.6) is 0 Å². The minimum atomic E-state index is -4.92. The Bertz CT molecular complexity index is 927. The first-order chi connectivity index (χ1) is 15.4. The molecule has 0 aliphatic carbocycles. The number of rotatable bonds is 4. The molecular weight excluding hydrogens is 450 g/mol. The Kier molecular flexibility index (Phi) is 7.26. The lowest BCUT2D eigenvalue weighted by atomic mass is 9.88. The molecule has 180 valence electrons. The van der Waals surface area contributed by atoms with Crippen molar-refractivity contribution in [2.75, 3.05) is 27.2 Å². The molecule has 2 aromatic carbocycles. The molecule has 3 rings (SSSR count). The van der Waals surface area contributed by atoms with E-state index >= 15 is 0 Å². The molecular formula is C23H24F6N2O2. The van der Waals surface area contributed by atoms with E-state index in [9.17, 15) is 31.1 Å². The highest BCUT2D eigenvalue weighted by molar-refractivity contribution is 5.74. The summed E-state index contributed by atoms with van der Waals surface area (Å²) < 4.78 is 84.8. The van der Waals surface area contributed by atoms with Crippen LogP contribution in [0, 0.1) is 0 Å². The van der Waals surface area contributed by atoms with Crippen LogP contribution in [0.4, 0.5) is 31.1 Å². The summed E-state index contributed by atoms with van der Waals surface area (Å²) in [4.78, 5) is 15.5. The van der Waals surface area contributed by atoms with Crippen LogP contribution < -0.4 is 0 Å². The molecule has 2 aromatic rings. The van der Waals surface area contributed by atoms with Gasteiger partial charge in [0.05, 0.1) is 23.8 Å². The third-order valence-electron chi connectivity index (χ3n) is 5.54. The molecule has 0 N–H and O–H groups in total. The quantitative estimate of drug-likeness (QED) is 0.527. The monoisotopic (exact) mass is 474 g/mol. The van der Waals surface area contributed by atoms with Crippen LogP contribution in [0.1, 0.15) is 34.6 Å². The Balaban J connectivity index is 1.84. The molecule has 0 unspecified atom stereocenters. The molecule has 0 aromatic heterocycles. The zero-order chi connectivity index (χ0) is 24.4. The van der Waals surface area contributed by atoms with E-state index in [0.29, 0.717) is 31.6 Å². The van der Waals surface area contributed by atoms with Gasteiger partial charge in [0.1, 0.15) is 0 Å². The minimum absolute atomic E-state index is 0.0988. The second-order valence-corrected chi connectivity index (χ2v) is 8.19. The van der Waals surface area contributed by atoms with Gasteiger partial charge in [-0.15, -0.1) is 0 Å². The molecule has 1 fully saturated rings. The van der Waals surface area contributed by atoms with Crippen molar-refractivity contribution in [3.8, 4) is 0 Å². The molecule has 0 saturated carbocycles. The van der Waals surface area contributed by atoms with E-state index in [-0.39, 0.29) is 23.6 Å². The van der Waals surface area contributed by atoms with Gasteiger partial charge in [0.25, 0.3) is 0 Å². The fourth-order valence-corrected chi connectivity index (χ4v) is 3.91. The van der Waals surface area contributed by atoms with Gasteiger partial charge in [0.2, 0.25) is 0 Å². The number of halogens is 6. The number of ether oxygens (including phenoxy) is 1. The van der Waals surface area contributed by atoms with E-state index in [1.807, 2.05) is 30.3 Å². The maximum Gasteiger partial charge on any atom is 0.416 e. The second kappa shape index (κ2) is 9.62. The number of amides is 2. The lowest BCUT2D eigenvalue weighted by Gasteiger charge is -2.39. The summed E-state index contributed by atoms with van der Waals surface area (Å²) in [5.41, 5.74) is -2.08. The van der Waals surface area contributed by atoms with E-state index in [1.54, 1.807) is 19.0 Å². The Hall–Kier alpha value is -2.75. The number of alkyl halides is 6. The topological polar surface area (TPSA) is 32.8 Å². The van der Waals surface area contributed by atoms with Gasteiger partial charge in [-0.05, 0) is 35.7 Å². The van der Waals surface area contributed by atoms with E-state index in [2.05, 4.69) is 0 Å². The Morgan fingerprint density at radius 2 is 1.58 bits per heavy atom. The Labute approximate surface area is 187 Å². The van der Waals surface area contributed by atoms with Gasteiger partial charge >= 0.3 is 18.4 Å². The van der Waals surface area contributed by atoms with Crippen molar-refractivity contribution >= 4 is 6.03 Å².